The van der Waals surface area contributed by atoms with E-state index in [1.807, 2.05) is 19.1 Å². The molecule has 0 atom stereocenters. The Balaban J connectivity index is 2.36. The summed E-state index contributed by atoms with van der Waals surface area (Å²) in [5.74, 6) is 0.878. The Labute approximate surface area is 123 Å². The Morgan fingerprint density at radius 1 is 1.42 bits per heavy atom. The topological polar surface area (TPSA) is 42.2 Å². The SMILES string of the molecule is CCN(Cc1cccs1)c1nc(C)ccc1C(N)=S. The number of anilines is 1. The number of nitrogens with zero attached hydrogens (tertiary/aromatic N) is 2. The van der Waals surface area contributed by atoms with E-state index in [1.165, 1.54) is 4.88 Å². The fourth-order valence-corrected chi connectivity index (χ4v) is 2.78. The Bertz CT molecular complexity index is 564. The molecule has 2 aromatic rings. The second-order valence-corrected chi connectivity index (χ2v) is 5.75. The van der Waals surface area contributed by atoms with Crippen LogP contribution in [0.15, 0.2) is 29.6 Å². The summed E-state index contributed by atoms with van der Waals surface area (Å²) in [5.41, 5.74) is 7.62. The van der Waals surface area contributed by atoms with Crippen LogP contribution in [0, 0.1) is 6.92 Å². The summed E-state index contributed by atoms with van der Waals surface area (Å²) in [6.07, 6.45) is 0. The van der Waals surface area contributed by atoms with Crippen molar-refractivity contribution in [3.63, 3.8) is 0 Å². The molecule has 0 amide bonds. The van der Waals surface area contributed by atoms with Crippen LogP contribution in [0.25, 0.3) is 0 Å². The first-order valence-electron chi connectivity index (χ1n) is 6.16. The zero-order chi connectivity index (χ0) is 13.8. The molecule has 0 aliphatic heterocycles. The second kappa shape index (κ2) is 6.12. The van der Waals surface area contributed by atoms with Gasteiger partial charge >= 0.3 is 0 Å². The van der Waals surface area contributed by atoms with Gasteiger partial charge in [-0.2, -0.15) is 0 Å². The van der Waals surface area contributed by atoms with E-state index in [-0.39, 0.29) is 0 Å². The minimum Gasteiger partial charge on any atom is -0.389 e. The summed E-state index contributed by atoms with van der Waals surface area (Å²) >= 11 is 6.87. The standard InChI is InChI=1S/C14H17N3S2/c1-3-17(9-11-5-4-8-19-11)14-12(13(15)18)7-6-10(2)16-14/h4-8H,3,9H2,1-2H3,(H2,15,18). The molecule has 2 N–H and O–H groups in total. The molecule has 0 aliphatic rings. The van der Waals surface area contributed by atoms with Gasteiger partial charge in [-0.1, -0.05) is 18.3 Å². The fraction of sp³-hybridized carbons (Fsp3) is 0.286. The molecule has 0 unspecified atom stereocenters. The number of hydrogen-bond donors (Lipinski definition) is 1. The Kier molecular flexibility index (Phi) is 4.50. The van der Waals surface area contributed by atoms with Crippen LogP contribution < -0.4 is 10.6 Å². The lowest BCUT2D eigenvalue weighted by atomic mass is 10.2. The van der Waals surface area contributed by atoms with Gasteiger partial charge in [0, 0.05) is 17.1 Å². The van der Waals surface area contributed by atoms with Crippen molar-refractivity contribution in [2.75, 3.05) is 11.4 Å². The highest BCUT2D eigenvalue weighted by Gasteiger charge is 2.14. The van der Waals surface area contributed by atoms with Gasteiger partial charge in [-0.15, -0.1) is 11.3 Å². The number of rotatable bonds is 5. The predicted molar refractivity (Wildman–Crippen MR) is 85.9 cm³/mol. The molecule has 0 saturated carbocycles. The van der Waals surface area contributed by atoms with Crippen molar-refractivity contribution in [2.24, 2.45) is 5.73 Å². The lowest BCUT2D eigenvalue weighted by Crippen LogP contribution is -2.26. The number of pyridine rings is 1. The molecule has 0 aliphatic carbocycles. The molecule has 0 radical (unpaired) electrons. The molecule has 5 heteroatoms. The maximum atomic E-state index is 5.80. The lowest BCUT2D eigenvalue weighted by molar-refractivity contribution is 0.819. The van der Waals surface area contributed by atoms with Gasteiger partial charge in [0.25, 0.3) is 0 Å². The van der Waals surface area contributed by atoms with E-state index in [9.17, 15) is 0 Å². The third kappa shape index (κ3) is 3.30. The number of thiophene rings is 1. The minimum absolute atomic E-state index is 0.395. The third-order valence-corrected chi connectivity index (χ3v) is 3.97. The molecule has 2 heterocycles. The largest absolute Gasteiger partial charge is 0.389 e. The molecule has 2 rings (SSSR count). The van der Waals surface area contributed by atoms with Crippen LogP contribution in [-0.2, 0) is 6.54 Å². The number of hydrogen-bond acceptors (Lipinski definition) is 4. The zero-order valence-electron chi connectivity index (χ0n) is 11.1. The Morgan fingerprint density at radius 2 is 2.21 bits per heavy atom. The zero-order valence-corrected chi connectivity index (χ0v) is 12.7. The maximum absolute atomic E-state index is 5.80. The van der Waals surface area contributed by atoms with Crippen molar-refractivity contribution in [1.82, 2.24) is 4.98 Å². The van der Waals surface area contributed by atoms with Gasteiger partial charge in [-0.05, 0) is 37.4 Å². The molecular weight excluding hydrogens is 274 g/mol. The van der Waals surface area contributed by atoms with Gasteiger partial charge in [0.2, 0.25) is 0 Å². The van der Waals surface area contributed by atoms with Crippen molar-refractivity contribution in [1.29, 1.82) is 0 Å². The first kappa shape index (κ1) is 14.0. The molecule has 0 fully saturated rings. The maximum Gasteiger partial charge on any atom is 0.139 e. The molecule has 0 bridgehead atoms. The summed E-state index contributed by atoms with van der Waals surface area (Å²) < 4.78 is 0. The van der Waals surface area contributed by atoms with Crippen LogP contribution in [0.2, 0.25) is 0 Å². The van der Waals surface area contributed by atoms with Gasteiger partial charge in [-0.25, -0.2) is 4.98 Å². The second-order valence-electron chi connectivity index (χ2n) is 4.28. The van der Waals surface area contributed by atoms with E-state index in [4.69, 9.17) is 18.0 Å². The highest BCUT2D eigenvalue weighted by molar-refractivity contribution is 7.80. The van der Waals surface area contributed by atoms with E-state index in [0.29, 0.717) is 4.99 Å². The van der Waals surface area contributed by atoms with Crippen molar-refractivity contribution >= 4 is 34.4 Å². The number of aromatic nitrogens is 1. The van der Waals surface area contributed by atoms with Gasteiger partial charge < -0.3 is 10.6 Å². The lowest BCUT2D eigenvalue weighted by Gasteiger charge is -2.24. The predicted octanol–water partition coefficient (Wildman–Crippen LogP) is 3.11. The van der Waals surface area contributed by atoms with Crippen molar-refractivity contribution in [3.8, 4) is 0 Å². The Morgan fingerprint density at radius 3 is 2.79 bits per heavy atom. The fourth-order valence-electron chi connectivity index (χ4n) is 1.90. The van der Waals surface area contributed by atoms with Gasteiger partial charge in [0.05, 0.1) is 12.1 Å². The van der Waals surface area contributed by atoms with E-state index >= 15 is 0 Å². The minimum atomic E-state index is 0.395. The molecular formula is C14H17N3S2. The number of thiocarbonyl (C=S) groups is 1. The summed E-state index contributed by atoms with van der Waals surface area (Å²) in [5, 5.41) is 2.08. The third-order valence-electron chi connectivity index (χ3n) is 2.89. The average Bonchev–Trinajstić information content (AvgIpc) is 2.88. The van der Waals surface area contributed by atoms with Crippen LogP contribution in [0.4, 0.5) is 5.82 Å². The molecule has 3 nitrogen and oxygen atoms in total. The number of aryl methyl sites for hydroxylation is 1. The highest BCUT2D eigenvalue weighted by Crippen LogP contribution is 2.22. The van der Waals surface area contributed by atoms with Gasteiger partial charge in [0.15, 0.2) is 0 Å². The van der Waals surface area contributed by atoms with E-state index in [0.717, 1.165) is 30.2 Å². The summed E-state index contributed by atoms with van der Waals surface area (Å²) in [4.78, 5) is 8.51. The molecule has 0 aromatic carbocycles. The van der Waals surface area contributed by atoms with Crippen LogP contribution in [0.5, 0.6) is 0 Å². The normalized spacial score (nSPS) is 10.4. The summed E-state index contributed by atoms with van der Waals surface area (Å²) in [7, 11) is 0. The summed E-state index contributed by atoms with van der Waals surface area (Å²) in [6, 6.07) is 8.09. The van der Waals surface area contributed by atoms with Gasteiger partial charge in [-0.3, -0.25) is 0 Å². The quantitative estimate of drug-likeness (QED) is 0.860. The van der Waals surface area contributed by atoms with Gasteiger partial charge in [0.1, 0.15) is 10.8 Å². The molecule has 0 saturated heterocycles. The first-order chi connectivity index (χ1) is 9.11. The van der Waals surface area contributed by atoms with E-state index in [1.54, 1.807) is 11.3 Å². The summed E-state index contributed by atoms with van der Waals surface area (Å²) in [6.45, 7) is 5.79. The van der Waals surface area contributed by atoms with Crippen molar-refractivity contribution < 1.29 is 0 Å². The van der Waals surface area contributed by atoms with Crippen LogP contribution in [-0.4, -0.2) is 16.5 Å². The highest BCUT2D eigenvalue weighted by atomic mass is 32.1. The first-order valence-corrected chi connectivity index (χ1v) is 7.45. The van der Waals surface area contributed by atoms with Crippen LogP contribution >= 0.6 is 23.6 Å². The van der Waals surface area contributed by atoms with E-state index in [2.05, 4.69) is 34.3 Å². The van der Waals surface area contributed by atoms with Crippen LogP contribution in [0.1, 0.15) is 23.1 Å². The molecule has 2 aromatic heterocycles. The van der Waals surface area contributed by atoms with Crippen molar-refractivity contribution in [3.05, 3.63) is 45.8 Å². The monoisotopic (exact) mass is 291 g/mol. The average molecular weight is 291 g/mol. The van der Waals surface area contributed by atoms with Crippen LogP contribution in [0.3, 0.4) is 0 Å². The van der Waals surface area contributed by atoms with Crippen molar-refractivity contribution in [2.45, 2.75) is 20.4 Å². The Hall–Kier alpha value is -1.46. The smallest absolute Gasteiger partial charge is 0.139 e. The molecule has 0 spiro atoms. The molecule has 100 valence electrons. The van der Waals surface area contributed by atoms with E-state index < -0.39 is 0 Å². The number of nitrogens with two attached hydrogens (primary N) is 1. The molecule has 19 heavy (non-hydrogen) atoms.